The van der Waals surface area contributed by atoms with Crippen molar-refractivity contribution >= 4 is 21.6 Å². The second-order valence-corrected chi connectivity index (χ2v) is 7.93. The Hall–Kier alpha value is -2.70. The fourth-order valence-electron chi connectivity index (χ4n) is 2.95. The van der Waals surface area contributed by atoms with Gasteiger partial charge >= 0.3 is 0 Å². The number of anilines is 1. The zero-order chi connectivity index (χ0) is 19.9. The third-order valence-corrected chi connectivity index (χ3v) is 5.68. The minimum Gasteiger partial charge on any atom is -0.326 e. The Morgan fingerprint density at radius 3 is 2.04 bits per heavy atom. The molecule has 0 saturated heterocycles. The summed E-state index contributed by atoms with van der Waals surface area (Å²) < 4.78 is 28.9. The van der Waals surface area contributed by atoms with Crippen LogP contribution in [0.3, 0.4) is 0 Å². The van der Waals surface area contributed by atoms with Crippen LogP contribution in [0.2, 0.25) is 0 Å². The molecule has 142 valence electrons. The molecule has 0 unspecified atom stereocenters. The monoisotopic (exact) mass is 384 g/mol. The molecule has 0 aromatic heterocycles. The van der Waals surface area contributed by atoms with Crippen LogP contribution in [0, 0.1) is 0 Å². The summed E-state index contributed by atoms with van der Waals surface area (Å²) in [6, 6.07) is 15.4. The Balaban J connectivity index is 2.41. The van der Waals surface area contributed by atoms with E-state index in [2.05, 4.69) is 23.2 Å². The predicted molar refractivity (Wildman–Crippen MR) is 109 cm³/mol. The number of nitrogens with one attached hydrogen (secondary N) is 2. The summed E-state index contributed by atoms with van der Waals surface area (Å²) in [7, 11) is -3.81. The van der Waals surface area contributed by atoms with Crippen LogP contribution in [-0.2, 0) is 20.4 Å². The van der Waals surface area contributed by atoms with Gasteiger partial charge in [0.15, 0.2) is 0 Å². The summed E-state index contributed by atoms with van der Waals surface area (Å²) in [5.74, 6) is -0.219. The van der Waals surface area contributed by atoms with Crippen molar-refractivity contribution in [2.45, 2.75) is 30.2 Å². The fraction of sp³-hybridized carbons (Fsp3) is 0.190. The molecule has 2 aromatic carbocycles. The van der Waals surface area contributed by atoms with Crippen molar-refractivity contribution in [1.82, 2.24) is 4.72 Å². The molecule has 0 fully saturated rings. The van der Waals surface area contributed by atoms with Crippen LogP contribution < -0.4 is 10.0 Å². The van der Waals surface area contributed by atoms with E-state index in [1.165, 1.54) is 19.1 Å². The number of rotatable bonds is 9. The highest BCUT2D eigenvalue weighted by Gasteiger charge is 2.34. The third-order valence-electron chi connectivity index (χ3n) is 4.13. The molecule has 27 heavy (non-hydrogen) atoms. The molecule has 0 radical (unpaired) electrons. The average Bonchev–Trinajstić information content (AvgIpc) is 2.62. The molecule has 6 heteroatoms. The van der Waals surface area contributed by atoms with E-state index >= 15 is 0 Å². The van der Waals surface area contributed by atoms with Gasteiger partial charge in [-0.15, -0.1) is 13.2 Å². The molecule has 0 bridgehead atoms. The van der Waals surface area contributed by atoms with E-state index in [9.17, 15) is 13.2 Å². The van der Waals surface area contributed by atoms with Gasteiger partial charge in [-0.3, -0.25) is 4.79 Å². The number of carbonyl (C=O) groups excluding carboxylic acids is 1. The first kappa shape index (κ1) is 20.6. The summed E-state index contributed by atoms with van der Waals surface area (Å²) in [6.07, 6.45) is 4.20. The van der Waals surface area contributed by atoms with Crippen LogP contribution in [0.4, 0.5) is 5.69 Å². The van der Waals surface area contributed by atoms with Crippen molar-refractivity contribution < 1.29 is 13.2 Å². The largest absolute Gasteiger partial charge is 0.326 e. The first-order valence-electron chi connectivity index (χ1n) is 8.52. The van der Waals surface area contributed by atoms with Crippen molar-refractivity contribution in [2.75, 3.05) is 5.32 Å². The molecule has 2 aromatic rings. The van der Waals surface area contributed by atoms with Crippen molar-refractivity contribution in [2.24, 2.45) is 0 Å². The van der Waals surface area contributed by atoms with E-state index in [0.29, 0.717) is 18.5 Å². The summed E-state index contributed by atoms with van der Waals surface area (Å²) in [5, 5.41) is 2.62. The van der Waals surface area contributed by atoms with Gasteiger partial charge in [0.2, 0.25) is 15.9 Å². The highest BCUT2D eigenvalue weighted by atomic mass is 32.2. The maximum Gasteiger partial charge on any atom is 0.241 e. The molecule has 2 rings (SSSR count). The molecule has 0 saturated carbocycles. The second-order valence-electron chi connectivity index (χ2n) is 6.24. The molecule has 0 heterocycles. The lowest BCUT2D eigenvalue weighted by atomic mass is 9.84. The van der Waals surface area contributed by atoms with Crippen LogP contribution in [0.5, 0.6) is 0 Å². The molecule has 0 spiro atoms. The lowest BCUT2D eigenvalue weighted by Crippen LogP contribution is -2.45. The maximum atomic E-state index is 13.0. The van der Waals surface area contributed by atoms with Gasteiger partial charge in [-0.05, 0) is 42.7 Å². The minimum absolute atomic E-state index is 0.116. The molecule has 2 N–H and O–H groups in total. The van der Waals surface area contributed by atoms with Gasteiger partial charge in [-0.25, -0.2) is 8.42 Å². The molecular formula is C21H24N2O3S. The smallest absolute Gasteiger partial charge is 0.241 e. The molecule has 1 amide bonds. The van der Waals surface area contributed by atoms with E-state index in [0.717, 1.165) is 5.56 Å². The van der Waals surface area contributed by atoms with Crippen LogP contribution in [0.15, 0.2) is 84.8 Å². The van der Waals surface area contributed by atoms with Gasteiger partial charge < -0.3 is 5.32 Å². The topological polar surface area (TPSA) is 75.3 Å². The van der Waals surface area contributed by atoms with Gasteiger partial charge in [0, 0.05) is 12.6 Å². The number of hydrogen-bond acceptors (Lipinski definition) is 3. The Morgan fingerprint density at radius 2 is 1.56 bits per heavy atom. The SMILES string of the molecule is C=CCC(CC=C)(NS(=O)(=O)c1ccc(NC(C)=O)cc1)c1ccccc1. The van der Waals surface area contributed by atoms with E-state index in [-0.39, 0.29) is 10.8 Å². The Bertz CT molecular complexity index is 894. The standard InChI is InChI=1S/C21H24N2O3S/c1-4-15-21(16-5-2,18-9-7-6-8-10-18)23-27(25,26)20-13-11-19(12-14-20)22-17(3)24/h4-14,23H,1-2,15-16H2,3H3,(H,22,24). The summed E-state index contributed by atoms with van der Waals surface area (Å²) in [4.78, 5) is 11.2. The highest BCUT2D eigenvalue weighted by molar-refractivity contribution is 7.89. The summed E-state index contributed by atoms with van der Waals surface area (Å²) in [6.45, 7) is 8.97. The molecule has 0 atom stereocenters. The van der Waals surface area contributed by atoms with Gasteiger partial charge in [-0.1, -0.05) is 42.5 Å². The number of amides is 1. The van der Waals surface area contributed by atoms with Gasteiger partial charge in [0.1, 0.15) is 0 Å². The molecular weight excluding hydrogens is 360 g/mol. The van der Waals surface area contributed by atoms with Crippen molar-refractivity contribution in [3.8, 4) is 0 Å². The summed E-state index contributed by atoms with van der Waals surface area (Å²) >= 11 is 0. The normalized spacial score (nSPS) is 11.6. The van der Waals surface area contributed by atoms with Crippen molar-refractivity contribution in [3.05, 3.63) is 85.5 Å². The van der Waals surface area contributed by atoms with Crippen LogP contribution in [0.1, 0.15) is 25.3 Å². The fourth-order valence-corrected chi connectivity index (χ4v) is 4.36. The van der Waals surface area contributed by atoms with E-state index in [1.807, 2.05) is 30.3 Å². The first-order chi connectivity index (χ1) is 12.8. The van der Waals surface area contributed by atoms with Gasteiger partial charge in [-0.2, -0.15) is 4.72 Å². The van der Waals surface area contributed by atoms with Crippen molar-refractivity contribution in [1.29, 1.82) is 0 Å². The van der Waals surface area contributed by atoms with Crippen molar-refractivity contribution in [3.63, 3.8) is 0 Å². The Morgan fingerprint density at radius 1 is 1.00 bits per heavy atom. The van der Waals surface area contributed by atoms with Gasteiger partial charge in [0.05, 0.1) is 10.4 Å². The Labute approximate surface area is 160 Å². The lowest BCUT2D eigenvalue weighted by molar-refractivity contribution is -0.114. The average molecular weight is 385 g/mol. The third kappa shape index (κ3) is 5.15. The predicted octanol–water partition coefficient (Wildman–Crippen LogP) is 3.97. The second kappa shape index (κ2) is 8.79. The van der Waals surface area contributed by atoms with Gasteiger partial charge in [0.25, 0.3) is 0 Å². The first-order valence-corrected chi connectivity index (χ1v) is 10.0. The highest BCUT2D eigenvalue weighted by Crippen LogP contribution is 2.32. The number of benzene rings is 2. The van der Waals surface area contributed by atoms with E-state index in [4.69, 9.17) is 0 Å². The Kier molecular flexibility index (Phi) is 6.71. The van der Waals surface area contributed by atoms with E-state index in [1.54, 1.807) is 24.3 Å². The maximum absolute atomic E-state index is 13.0. The molecule has 0 aliphatic rings. The minimum atomic E-state index is -3.81. The molecule has 0 aliphatic heterocycles. The zero-order valence-electron chi connectivity index (χ0n) is 15.3. The number of hydrogen-bond donors (Lipinski definition) is 2. The van der Waals surface area contributed by atoms with Crippen LogP contribution in [0.25, 0.3) is 0 Å². The zero-order valence-corrected chi connectivity index (χ0v) is 16.1. The van der Waals surface area contributed by atoms with E-state index < -0.39 is 15.6 Å². The summed E-state index contributed by atoms with van der Waals surface area (Å²) in [5.41, 5.74) is 0.496. The van der Waals surface area contributed by atoms with Crippen LogP contribution >= 0.6 is 0 Å². The van der Waals surface area contributed by atoms with Crippen LogP contribution in [-0.4, -0.2) is 14.3 Å². The molecule has 0 aliphatic carbocycles. The molecule has 5 nitrogen and oxygen atoms in total. The number of sulfonamides is 1. The quantitative estimate of drug-likeness (QED) is 0.642. The number of carbonyl (C=O) groups is 1. The lowest BCUT2D eigenvalue weighted by Gasteiger charge is -2.33.